The number of nitrogens with one attached hydrogen (secondary N) is 1. The summed E-state index contributed by atoms with van der Waals surface area (Å²) in [5.41, 5.74) is 5.55. The number of furan rings is 1. The van der Waals surface area contributed by atoms with E-state index in [1.54, 1.807) is 0 Å². The van der Waals surface area contributed by atoms with Crippen molar-refractivity contribution in [2.75, 3.05) is 0 Å². The van der Waals surface area contributed by atoms with E-state index in [0.29, 0.717) is 12.4 Å². The number of aromatic amines is 1. The highest BCUT2D eigenvalue weighted by Crippen LogP contribution is 2.41. The number of hydrogen-bond donors (Lipinski definition) is 1. The van der Waals surface area contributed by atoms with Gasteiger partial charge in [-0.2, -0.15) is 5.21 Å². The van der Waals surface area contributed by atoms with Crippen LogP contribution in [0.4, 0.5) is 0 Å². The number of aromatic nitrogens is 7. The summed E-state index contributed by atoms with van der Waals surface area (Å²) in [5.74, 6) is 2.32. The minimum Gasteiger partial charge on any atom is -0.455 e. The molecule has 0 aliphatic heterocycles. The van der Waals surface area contributed by atoms with Crippen LogP contribution in [0.15, 0.2) is 69.7 Å². The van der Waals surface area contributed by atoms with Crippen LogP contribution < -0.4 is 0 Å². The molecule has 0 aliphatic rings. The van der Waals surface area contributed by atoms with Gasteiger partial charge in [0.1, 0.15) is 22.7 Å². The Morgan fingerprint density at radius 1 is 1.06 bits per heavy atom. The first kappa shape index (κ1) is 21.7. The van der Waals surface area contributed by atoms with Crippen molar-refractivity contribution in [1.29, 1.82) is 0 Å². The molecule has 0 saturated carbocycles. The third-order valence-electron chi connectivity index (χ3n) is 6.13. The Labute approximate surface area is 209 Å². The number of fused-ring (bicyclic) bond motifs is 2. The summed E-state index contributed by atoms with van der Waals surface area (Å²) in [5, 5.41) is 15.5. The second kappa shape index (κ2) is 9.07. The van der Waals surface area contributed by atoms with E-state index in [1.807, 2.05) is 48.7 Å². The third kappa shape index (κ3) is 3.91. The second-order valence-electron chi connectivity index (χ2n) is 8.42. The molecule has 174 valence electrons. The Morgan fingerprint density at radius 2 is 1.94 bits per heavy atom. The van der Waals surface area contributed by atoms with Crippen LogP contribution in [0.5, 0.6) is 0 Å². The first-order valence-corrected chi connectivity index (χ1v) is 12.4. The van der Waals surface area contributed by atoms with Crippen LogP contribution in [0.3, 0.4) is 0 Å². The van der Waals surface area contributed by atoms with Gasteiger partial charge < -0.3 is 8.98 Å². The maximum absolute atomic E-state index is 6.30. The van der Waals surface area contributed by atoms with Gasteiger partial charge in [-0.05, 0) is 57.4 Å². The predicted octanol–water partition coefficient (Wildman–Crippen LogP) is 6.18. The Balaban J connectivity index is 1.41. The molecule has 0 unspecified atom stereocenters. The smallest absolute Gasteiger partial charge is 0.205 e. The Morgan fingerprint density at radius 3 is 2.77 bits per heavy atom. The molecule has 1 N–H and O–H groups in total. The van der Waals surface area contributed by atoms with Gasteiger partial charge in [-0.1, -0.05) is 43.7 Å². The largest absolute Gasteiger partial charge is 0.455 e. The average Bonchev–Trinajstić information content (AvgIpc) is 3.62. The zero-order valence-corrected chi connectivity index (χ0v) is 20.7. The molecule has 0 atom stereocenters. The SMILES string of the molecule is CCCCc1nc2cccnc2n1Cc1ccc2oc(-c3ccccc3-c3nn[nH]n3)c(Br)c2c1. The fraction of sp³-hybridized carbons (Fsp3) is 0.192. The van der Waals surface area contributed by atoms with Crippen LogP contribution in [0.25, 0.3) is 44.8 Å². The molecule has 0 spiro atoms. The molecule has 6 rings (SSSR count). The van der Waals surface area contributed by atoms with Gasteiger partial charge in [0.05, 0.1) is 11.0 Å². The molecule has 2 aromatic carbocycles. The summed E-state index contributed by atoms with van der Waals surface area (Å²) >= 11 is 3.80. The van der Waals surface area contributed by atoms with E-state index in [0.717, 1.165) is 74.1 Å². The van der Waals surface area contributed by atoms with Crippen LogP contribution in [-0.4, -0.2) is 35.2 Å². The number of benzene rings is 2. The maximum atomic E-state index is 6.30. The Kier molecular flexibility index (Phi) is 5.61. The Hall–Kier alpha value is -3.85. The molecule has 8 nitrogen and oxygen atoms in total. The number of imidazole rings is 1. The highest BCUT2D eigenvalue weighted by molar-refractivity contribution is 9.10. The minimum atomic E-state index is 0.521. The summed E-state index contributed by atoms with van der Waals surface area (Å²) in [7, 11) is 0. The van der Waals surface area contributed by atoms with Crippen molar-refractivity contribution in [2.24, 2.45) is 0 Å². The fourth-order valence-electron chi connectivity index (χ4n) is 4.42. The molecule has 0 fully saturated rings. The van der Waals surface area contributed by atoms with Crippen LogP contribution in [0, 0.1) is 0 Å². The summed E-state index contributed by atoms with van der Waals surface area (Å²) in [6, 6.07) is 18.1. The first-order chi connectivity index (χ1) is 17.2. The van der Waals surface area contributed by atoms with E-state index in [-0.39, 0.29) is 0 Å². The molecular weight excluding hydrogens is 506 g/mol. The number of halogens is 1. The quantitative estimate of drug-likeness (QED) is 0.266. The number of rotatable bonds is 7. The van der Waals surface area contributed by atoms with Crippen molar-refractivity contribution in [2.45, 2.75) is 32.7 Å². The summed E-state index contributed by atoms with van der Waals surface area (Å²) in [4.78, 5) is 9.47. The minimum absolute atomic E-state index is 0.521. The summed E-state index contributed by atoms with van der Waals surface area (Å²) in [6.07, 6.45) is 4.98. The molecular formula is C26H22BrN7O. The van der Waals surface area contributed by atoms with Crippen molar-refractivity contribution >= 4 is 38.1 Å². The zero-order valence-electron chi connectivity index (χ0n) is 19.1. The van der Waals surface area contributed by atoms with Crippen LogP contribution in [0.1, 0.15) is 31.2 Å². The lowest BCUT2D eigenvalue weighted by Crippen LogP contribution is -2.06. The van der Waals surface area contributed by atoms with E-state index < -0.39 is 0 Å². The number of hydrogen-bond acceptors (Lipinski definition) is 6. The van der Waals surface area contributed by atoms with Gasteiger partial charge in [0.2, 0.25) is 5.82 Å². The molecule has 0 aliphatic carbocycles. The van der Waals surface area contributed by atoms with Gasteiger partial charge in [-0.3, -0.25) is 0 Å². The van der Waals surface area contributed by atoms with Crippen molar-refractivity contribution in [3.05, 3.63) is 76.7 Å². The van der Waals surface area contributed by atoms with Gasteiger partial charge in [0, 0.05) is 29.1 Å². The third-order valence-corrected chi connectivity index (χ3v) is 6.91. The van der Waals surface area contributed by atoms with E-state index in [2.05, 4.69) is 65.2 Å². The molecule has 0 saturated heterocycles. The van der Waals surface area contributed by atoms with Crippen LogP contribution in [-0.2, 0) is 13.0 Å². The monoisotopic (exact) mass is 527 g/mol. The summed E-state index contributed by atoms with van der Waals surface area (Å²) < 4.78 is 9.42. The number of unbranched alkanes of at least 4 members (excludes halogenated alkanes) is 1. The van der Waals surface area contributed by atoms with Crippen molar-refractivity contribution in [3.63, 3.8) is 0 Å². The summed E-state index contributed by atoms with van der Waals surface area (Å²) in [6.45, 7) is 2.89. The van der Waals surface area contributed by atoms with Crippen molar-refractivity contribution < 1.29 is 4.42 Å². The van der Waals surface area contributed by atoms with E-state index in [4.69, 9.17) is 9.40 Å². The molecule has 0 bridgehead atoms. The van der Waals surface area contributed by atoms with Crippen LogP contribution >= 0.6 is 15.9 Å². The molecule has 6 aromatic rings. The molecule has 4 aromatic heterocycles. The second-order valence-corrected chi connectivity index (χ2v) is 9.21. The highest BCUT2D eigenvalue weighted by atomic mass is 79.9. The Bertz CT molecular complexity index is 1630. The van der Waals surface area contributed by atoms with Gasteiger partial charge in [0.15, 0.2) is 5.65 Å². The van der Waals surface area contributed by atoms with E-state index in [9.17, 15) is 0 Å². The fourth-order valence-corrected chi connectivity index (χ4v) is 5.02. The molecule has 9 heteroatoms. The van der Waals surface area contributed by atoms with Gasteiger partial charge >= 0.3 is 0 Å². The number of aryl methyl sites for hydroxylation is 1. The van der Waals surface area contributed by atoms with Crippen molar-refractivity contribution in [3.8, 4) is 22.7 Å². The van der Waals surface area contributed by atoms with Crippen molar-refractivity contribution in [1.82, 2.24) is 35.2 Å². The normalized spacial score (nSPS) is 11.6. The lowest BCUT2D eigenvalue weighted by Gasteiger charge is -2.09. The maximum Gasteiger partial charge on any atom is 0.205 e. The van der Waals surface area contributed by atoms with Crippen LogP contribution in [0.2, 0.25) is 0 Å². The predicted molar refractivity (Wildman–Crippen MR) is 138 cm³/mol. The highest BCUT2D eigenvalue weighted by Gasteiger charge is 2.20. The lowest BCUT2D eigenvalue weighted by molar-refractivity contribution is 0.629. The van der Waals surface area contributed by atoms with Gasteiger partial charge in [-0.25, -0.2) is 9.97 Å². The number of nitrogens with zero attached hydrogens (tertiary/aromatic N) is 6. The lowest BCUT2D eigenvalue weighted by atomic mass is 10.0. The number of H-pyrrole nitrogens is 1. The molecule has 0 radical (unpaired) electrons. The standard InChI is InChI=1S/C26H22BrN7O/c1-2-3-10-22-29-20-9-6-13-28-26(20)34(22)15-16-11-12-21-19(14-16)23(27)24(35-21)17-7-4-5-8-18(17)25-30-32-33-31-25/h4-9,11-14H,2-3,10,15H2,1H3,(H,30,31,32,33). The topological polar surface area (TPSA) is 98.3 Å². The van der Waals surface area contributed by atoms with E-state index in [1.165, 1.54) is 0 Å². The molecule has 35 heavy (non-hydrogen) atoms. The van der Waals surface area contributed by atoms with Gasteiger partial charge in [0.25, 0.3) is 0 Å². The van der Waals surface area contributed by atoms with E-state index >= 15 is 0 Å². The zero-order chi connectivity index (χ0) is 23.8. The molecule has 0 amide bonds. The molecule has 4 heterocycles. The average molecular weight is 528 g/mol. The van der Waals surface area contributed by atoms with Gasteiger partial charge in [-0.15, -0.1) is 10.2 Å². The number of pyridine rings is 1. The number of tetrazole rings is 1. The first-order valence-electron chi connectivity index (χ1n) is 11.6.